The highest BCUT2D eigenvalue weighted by Crippen LogP contribution is 2.22. The number of hydrogen-bond acceptors (Lipinski definition) is 3. The van der Waals surface area contributed by atoms with Crippen LogP contribution in [0.4, 0.5) is 0 Å². The van der Waals surface area contributed by atoms with E-state index in [0.29, 0.717) is 12.6 Å². The molecule has 2 atom stereocenters. The molecule has 19 heavy (non-hydrogen) atoms. The van der Waals surface area contributed by atoms with E-state index in [2.05, 4.69) is 18.7 Å². The molecule has 1 amide bonds. The van der Waals surface area contributed by atoms with Gasteiger partial charge in [-0.1, -0.05) is 19.8 Å². The van der Waals surface area contributed by atoms with Gasteiger partial charge in [-0.3, -0.25) is 9.69 Å². The number of aliphatic hydroxyl groups is 1. The smallest absolute Gasteiger partial charge is 0.236 e. The first kappa shape index (κ1) is 16.4. The Morgan fingerprint density at radius 1 is 1.37 bits per heavy atom. The molecule has 1 aliphatic rings. The fraction of sp³-hybridized carbons (Fsp3) is 0.933. The van der Waals surface area contributed by atoms with E-state index >= 15 is 0 Å². The number of piperidine rings is 1. The second kappa shape index (κ2) is 8.54. The van der Waals surface area contributed by atoms with Gasteiger partial charge >= 0.3 is 0 Å². The number of unbranched alkanes of at least 4 members (excludes halogenated alkanes) is 1. The molecular formula is C15H30N2O2. The number of carbonyl (C=O) groups excluding carboxylic acids is 1. The first-order chi connectivity index (χ1) is 9.13. The highest BCUT2D eigenvalue weighted by Gasteiger charge is 2.29. The van der Waals surface area contributed by atoms with E-state index in [-0.39, 0.29) is 18.6 Å². The highest BCUT2D eigenvalue weighted by molar-refractivity contribution is 5.78. The lowest BCUT2D eigenvalue weighted by Crippen LogP contribution is -2.52. The van der Waals surface area contributed by atoms with Gasteiger partial charge < -0.3 is 10.0 Å². The minimum absolute atomic E-state index is 0.164. The Hall–Kier alpha value is -0.610. The summed E-state index contributed by atoms with van der Waals surface area (Å²) in [6, 6.07) is 0.567. The van der Waals surface area contributed by atoms with Crippen LogP contribution >= 0.6 is 0 Å². The monoisotopic (exact) mass is 270 g/mol. The van der Waals surface area contributed by atoms with Gasteiger partial charge in [0.1, 0.15) is 0 Å². The fourth-order valence-electron chi connectivity index (χ4n) is 2.89. The molecule has 1 N–H and O–H groups in total. The predicted octanol–water partition coefficient (Wildman–Crippen LogP) is 1.87. The molecule has 4 heteroatoms. The number of rotatable bonds is 7. The molecule has 1 rings (SSSR count). The topological polar surface area (TPSA) is 43.8 Å². The van der Waals surface area contributed by atoms with Gasteiger partial charge in [-0.2, -0.15) is 0 Å². The number of likely N-dealkylation sites (tertiary alicyclic amines) is 1. The summed E-state index contributed by atoms with van der Waals surface area (Å²) >= 11 is 0. The Labute approximate surface area is 117 Å². The van der Waals surface area contributed by atoms with Crippen molar-refractivity contribution in [2.45, 2.75) is 65.0 Å². The third kappa shape index (κ3) is 4.77. The standard InChI is InChI=1S/C15H30N2O2/c1-4-6-10-16(5-2)15(19)11-17-13(3)8-7-9-14(17)12-18/h13-14,18H,4-12H2,1-3H3. The fourth-order valence-corrected chi connectivity index (χ4v) is 2.89. The van der Waals surface area contributed by atoms with Gasteiger partial charge in [0.15, 0.2) is 0 Å². The number of hydrogen-bond donors (Lipinski definition) is 1. The zero-order chi connectivity index (χ0) is 14.3. The summed E-state index contributed by atoms with van der Waals surface area (Å²) in [6.07, 6.45) is 5.48. The van der Waals surface area contributed by atoms with Crippen molar-refractivity contribution in [3.63, 3.8) is 0 Å². The molecule has 112 valence electrons. The Balaban J connectivity index is 2.56. The third-order valence-corrected chi connectivity index (χ3v) is 4.24. The Kier molecular flexibility index (Phi) is 7.39. The lowest BCUT2D eigenvalue weighted by Gasteiger charge is -2.40. The van der Waals surface area contributed by atoms with Gasteiger partial charge in [-0.15, -0.1) is 0 Å². The van der Waals surface area contributed by atoms with Gasteiger partial charge in [0, 0.05) is 25.2 Å². The van der Waals surface area contributed by atoms with Crippen molar-refractivity contribution in [1.82, 2.24) is 9.80 Å². The molecule has 1 fully saturated rings. The molecule has 0 bridgehead atoms. The quantitative estimate of drug-likeness (QED) is 0.768. The van der Waals surface area contributed by atoms with Crippen LogP contribution in [0.25, 0.3) is 0 Å². The van der Waals surface area contributed by atoms with E-state index < -0.39 is 0 Å². The van der Waals surface area contributed by atoms with Gasteiger partial charge in [0.25, 0.3) is 0 Å². The molecule has 0 radical (unpaired) electrons. The zero-order valence-electron chi connectivity index (χ0n) is 12.8. The largest absolute Gasteiger partial charge is 0.395 e. The first-order valence-electron chi connectivity index (χ1n) is 7.78. The third-order valence-electron chi connectivity index (χ3n) is 4.24. The van der Waals surface area contributed by atoms with Gasteiger partial charge in [-0.05, 0) is 33.1 Å². The van der Waals surface area contributed by atoms with Crippen LogP contribution in [0.2, 0.25) is 0 Å². The molecule has 2 unspecified atom stereocenters. The van der Waals surface area contributed by atoms with Gasteiger partial charge in [-0.25, -0.2) is 0 Å². The lowest BCUT2D eigenvalue weighted by molar-refractivity contribution is -0.134. The predicted molar refractivity (Wildman–Crippen MR) is 78.1 cm³/mol. The molecule has 4 nitrogen and oxygen atoms in total. The molecule has 1 heterocycles. The maximum absolute atomic E-state index is 12.4. The average Bonchev–Trinajstić information content (AvgIpc) is 2.42. The van der Waals surface area contributed by atoms with E-state index in [1.807, 2.05) is 11.8 Å². The van der Waals surface area contributed by atoms with E-state index in [4.69, 9.17) is 0 Å². The van der Waals surface area contributed by atoms with Crippen LogP contribution in [-0.4, -0.2) is 59.1 Å². The van der Waals surface area contributed by atoms with Crippen molar-refractivity contribution in [2.24, 2.45) is 0 Å². The minimum Gasteiger partial charge on any atom is -0.395 e. The van der Waals surface area contributed by atoms with Gasteiger partial charge in [0.05, 0.1) is 13.2 Å². The SMILES string of the molecule is CCCCN(CC)C(=O)CN1C(C)CCCC1CO. The second-order valence-electron chi connectivity index (χ2n) is 5.62. The Morgan fingerprint density at radius 3 is 2.68 bits per heavy atom. The maximum atomic E-state index is 12.4. The number of aliphatic hydroxyl groups excluding tert-OH is 1. The summed E-state index contributed by atoms with van der Waals surface area (Å²) in [4.78, 5) is 16.5. The van der Waals surface area contributed by atoms with E-state index in [0.717, 1.165) is 45.2 Å². The van der Waals surface area contributed by atoms with Crippen LogP contribution in [0, 0.1) is 0 Å². The summed E-state index contributed by atoms with van der Waals surface area (Å²) in [5, 5.41) is 9.46. The maximum Gasteiger partial charge on any atom is 0.236 e. The molecule has 0 aromatic rings. The Bertz CT molecular complexity index is 271. The van der Waals surface area contributed by atoms with Crippen molar-refractivity contribution in [3.05, 3.63) is 0 Å². The van der Waals surface area contributed by atoms with Crippen LogP contribution < -0.4 is 0 Å². The average molecular weight is 270 g/mol. The lowest BCUT2D eigenvalue weighted by atomic mass is 9.97. The number of carbonyl (C=O) groups is 1. The molecule has 0 spiro atoms. The number of nitrogens with zero attached hydrogens (tertiary/aromatic N) is 2. The molecule has 1 saturated heterocycles. The van der Waals surface area contributed by atoms with E-state index in [9.17, 15) is 9.90 Å². The Morgan fingerprint density at radius 2 is 2.11 bits per heavy atom. The van der Waals surface area contributed by atoms with Crippen molar-refractivity contribution in [1.29, 1.82) is 0 Å². The summed E-state index contributed by atoms with van der Waals surface area (Å²) in [5.74, 6) is 0.211. The number of likely N-dealkylation sites (N-methyl/N-ethyl adjacent to an activating group) is 1. The van der Waals surface area contributed by atoms with Crippen LogP contribution in [0.3, 0.4) is 0 Å². The van der Waals surface area contributed by atoms with E-state index in [1.165, 1.54) is 0 Å². The van der Waals surface area contributed by atoms with Crippen molar-refractivity contribution < 1.29 is 9.90 Å². The first-order valence-corrected chi connectivity index (χ1v) is 7.78. The van der Waals surface area contributed by atoms with Crippen LogP contribution in [0.15, 0.2) is 0 Å². The van der Waals surface area contributed by atoms with E-state index in [1.54, 1.807) is 0 Å². The van der Waals surface area contributed by atoms with Crippen LogP contribution in [0.5, 0.6) is 0 Å². The van der Waals surface area contributed by atoms with Crippen molar-refractivity contribution in [3.8, 4) is 0 Å². The summed E-state index contributed by atoms with van der Waals surface area (Å²) in [5.41, 5.74) is 0. The minimum atomic E-state index is 0.164. The molecule has 0 aliphatic carbocycles. The normalized spacial score (nSPS) is 24.4. The molecule has 0 saturated carbocycles. The molecule has 0 aromatic heterocycles. The summed E-state index contributed by atoms with van der Waals surface area (Å²) < 4.78 is 0. The van der Waals surface area contributed by atoms with Crippen LogP contribution in [0.1, 0.15) is 52.9 Å². The van der Waals surface area contributed by atoms with Crippen molar-refractivity contribution >= 4 is 5.91 Å². The zero-order valence-corrected chi connectivity index (χ0v) is 12.8. The summed E-state index contributed by atoms with van der Waals surface area (Å²) in [6.45, 7) is 8.62. The number of amides is 1. The molecular weight excluding hydrogens is 240 g/mol. The highest BCUT2D eigenvalue weighted by atomic mass is 16.3. The van der Waals surface area contributed by atoms with Gasteiger partial charge in [0.2, 0.25) is 5.91 Å². The van der Waals surface area contributed by atoms with Crippen LogP contribution in [-0.2, 0) is 4.79 Å². The molecule has 0 aromatic carbocycles. The van der Waals surface area contributed by atoms with Crippen molar-refractivity contribution in [2.75, 3.05) is 26.2 Å². The summed E-state index contributed by atoms with van der Waals surface area (Å²) in [7, 11) is 0. The molecule has 1 aliphatic heterocycles. The second-order valence-corrected chi connectivity index (χ2v) is 5.62.